The van der Waals surface area contributed by atoms with E-state index in [1.807, 2.05) is 29.0 Å². The number of anilines is 1. The Balaban J connectivity index is 1.61. The van der Waals surface area contributed by atoms with Gasteiger partial charge < -0.3 is 15.0 Å². The summed E-state index contributed by atoms with van der Waals surface area (Å²) in [5.41, 5.74) is 4.44. The Morgan fingerprint density at radius 1 is 1.00 bits per heavy atom. The maximum absolute atomic E-state index is 11.6. The summed E-state index contributed by atoms with van der Waals surface area (Å²) in [4.78, 5) is 11.6. The number of aromatic nitrogens is 1. The fraction of sp³-hybridized carbons (Fsp3) is 0.320. The molecule has 0 aliphatic carbocycles. The highest BCUT2D eigenvalue weighted by atomic mass is 35.5. The second-order valence-corrected chi connectivity index (χ2v) is 8.60. The molecule has 0 unspecified atom stereocenters. The van der Waals surface area contributed by atoms with Crippen LogP contribution in [-0.2, 0) is 19.5 Å². The summed E-state index contributed by atoms with van der Waals surface area (Å²) in [5.74, 6) is -0.874. The standard InChI is InChI=1S/C25H28Cl2N2O2/c1-2-3-4-5-12-29-17-19(14-24(29)25(30)31)13-18-6-9-22(10-7-18)28-16-20-15-21(26)8-11-23(20)27/h6-11,14-15,17,28H,2-5,12-13,16H2,1H3,(H,30,31). The molecule has 0 saturated carbocycles. The average molecular weight is 459 g/mol. The quantitative estimate of drug-likeness (QED) is 0.296. The second kappa shape index (κ2) is 11.3. The number of unbranched alkanes of at least 4 members (excludes halogenated alkanes) is 3. The van der Waals surface area contributed by atoms with E-state index in [0.29, 0.717) is 28.7 Å². The Kier molecular flexibility index (Phi) is 8.44. The van der Waals surface area contributed by atoms with Crippen molar-refractivity contribution in [2.24, 2.45) is 0 Å². The van der Waals surface area contributed by atoms with Crippen LogP contribution in [0.25, 0.3) is 0 Å². The monoisotopic (exact) mass is 458 g/mol. The molecule has 4 nitrogen and oxygen atoms in total. The first kappa shape index (κ1) is 23.2. The molecule has 31 heavy (non-hydrogen) atoms. The number of nitrogens with one attached hydrogen (secondary N) is 1. The number of carboxylic acids is 1. The van der Waals surface area contributed by atoms with Crippen molar-refractivity contribution < 1.29 is 9.90 Å². The summed E-state index contributed by atoms with van der Waals surface area (Å²) in [5, 5.41) is 14.2. The van der Waals surface area contributed by atoms with E-state index in [4.69, 9.17) is 23.2 Å². The molecule has 0 aliphatic heterocycles. The molecule has 0 spiro atoms. The van der Waals surface area contributed by atoms with Crippen LogP contribution < -0.4 is 5.32 Å². The van der Waals surface area contributed by atoms with Gasteiger partial charge in [0.25, 0.3) is 0 Å². The van der Waals surface area contributed by atoms with E-state index in [2.05, 4.69) is 24.4 Å². The Bertz CT molecular complexity index is 1010. The number of hydrogen-bond acceptors (Lipinski definition) is 2. The largest absolute Gasteiger partial charge is 0.477 e. The van der Waals surface area contributed by atoms with Gasteiger partial charge in [-0.15, -0.1) is 0 Å². The predicted octanol–water partition coefficient (Wildman–Crippen LogP) is 7.28. The number of hydrogen-bond donors (Lipinski definition) is 2. The Labute approximate surface area is 193 Å². The highest BCUT2D eigenvalue weighted by Gasteiger charge is 2.12. The van der Waals surface area contributed by atoms with Crippen LogP contribution >= 0.6 is 23.2 Å². The van der Waals surface area contributed by atoms with E-state index >= 15 is 0 Å². The van der Waals surface area contributed by atoms with Gasteiger partial charge >= 0.3 is 5.97 Å². The molecular weight excluding hydrogens is 431 g/mol. The van der Waals surface area contributed by atoms with Gasteiger partial charge in [-0.1, -0.05) is 61.5 Å². The molecule has 2 aromatic carbocycles. The van der Waals surface area contributed by atoms with Gasteiger partial charge in [0.15, 0.2) is 0 Å². The number of carbonyl (C=O) groups is 1. The van der Waals surface area contributed by atoms with E-state index in [9.17, 15) is 9.90 Å². The summed E-state index contributed by atoms with van der Waals surface area (Å²) in [6.07, 6.45) is 7.14. The van der Waals surface area contributed by atoms with Crippen molar-refractivity contribution in [3.8, 4) is 0 Å². The van der Waals surface area contributed by atoms with Gasteiger partial charge in [0.2, 0.25) is 0 Å². The summed E-state index contributed by atoms with van der Waals surface area (Å²) < 4.78 is 1.87. The minimum atomic E-state index is -0.874. The molecule has 0 saturated heterocycles. The van der Waals surface area contributed by atoms with Crippen LogP contribution in [0.1, 0.15) is 59.8 Å². The van der Waals surface area contributed by atoms with Crippen molar-refractivity contribution >= 4 is 34.9 Å². The average Bonchev–Trinajstić information content (AvgIpc) is 3.16. The third-order valence-electron chi connectivity index (χ3n) is 5.28. The number of benzene rings is 2. The Hall–Kier alpha value is -2.43. The molecule has 0 fully saturated rings. The minimum Gasteiger partial charge on any atom is -0.477 e. The van der Waals surface area contributed by atoms with Gasteiger partial charge in [-0.3, -0.25) is 0 Å². The van der Waals surface area contributed by atoms with Crippen molar-refractivity contribution in [3.63, 3.8) is 0 Å². The molecule has 6 heteroatoms. The van der Waals surface area contributed by atoms with Crippen molar-refractivity contribution in [1.29, 1.82) is 0 Å². The van der Waals surface area contributed by atoms with E-state index in [1.165, 1.54) is 12.8 Å². The highest BCUT2D eigenvalue weighted by Crippen LogP contribution is 2.22. The zero-order valence-corrected chi connectivity index (χ0v) is 19.2. The fourth-order valence-electron chi connectivity index (χ4n) is 3.59. The number of aromatic carboxylic acids is 1. The van der Waals surface area contributed by atoms with E-state index in [-0.39, 0.29) is 0 Å². The lowest BCUT2D eigenvalue weighted by Crippen LogP contribution is -2.07. The molecule has 1 heterocycles. The normalized spacial score (nSPS) is 10.9. The van der Waals surface area contributed by atoms with Gasteiger partial charge in [-0.2, -0.15) is 0 Å². The van der Waals surface area contributed by atoms with Gasteiger partial charge in [-0.25, -0.2) is 4.79 Å². The summed E-state index contributed by atoms with van der Waals surface area (Å²) in [7, 11) is 0. The fourth-order valence-corrected chi connectivity index (χ4v) is 3.97. The molecule has 0 atom stereocenters. The van der Waals surface area contributed by atoms with E-state index in [1.54, 1.807) is 18.2 Å². The van der Waals surface area contributed by atoms with E-state index < -0.39 is 5.97 Å². The molecule has 3 aromatic rings. The van der Waals surface area contributed by atoms with Crippen LogP contribution in [-0.4, -0.2) is 15.6 Å². The van der Waals surface area contributed by atoms with Crippen molar-refractivity contribution in [1.82, 2.24) is 4.57 Å². The number of aryl methyl sites for hydroxylation is 1. The van der Waals surface area contributed by atoms with Crippen LogP contribution in [0.2, 0.25) is 10.0 Å². The van der Waals surface area contributed by atoms with Crippen LogP contribution in [0, 0.1) is 0 Å². The lowest BCUT2D eigenvalue weighted by Gasteiger charge is -2.09. The molecule has 0 aliphatic rings. The topological polar surface area (TPSA) is 54.3 Å². The predicted molar refractivity (Wildman–Crippen MR) is 129 cm³/mol. The van der Waals surface area contributed by atoms with Crippen molar-refractivity contribution in [3.05, 3.63) is 87.2 Å². The third kappa shape index (κ3) is 6.78. The smallest absolute Gasteiger partial charge is 0.352 e. The van der Waals surface area contributed by atoms with Gasteiger partial charge in [0.05, 0.1) is 0 Å². The summed E-state index contributed by atoms with van der Waals surface area (Å²) >= 11 is 12.3. The molecule has 0 bridgehead atoms. The summed E-state index contributed by atoms with van der Waals surface area (Å²) in [6.45, 7) is 3.50. The van der Waals surface area contributed by atoms with Crippen LogP contribution in [0.15, 0.2) is 54.7 Å². The zero-order chi connectivity index (χ0) is 22.2. The maximum Gasteiger partial charge on any atom is 0.352 e. The van der Waals surface area contributed by atoms with Crippen LogP contribution in [0.5, 0.6) is 0 Å². The SMILES string of the molecule is CCCCCCn1cc(Cc2ccc(NCc3cc(Cl)ccc3Cl)cc2)cc1C(=O)O. The molecule has 0 amide bonds. The number of carboxylic acid groups (broad SMARTS) is 1. The Morgan fingerprint density at radius 3 is 2.48 bits per heavy atom. The highest BCUT2D eigenvalue weighted by molar-refractivity contribution is 6.33. The lowest BCUT2D eigenvalue weighted by molar-refractivity contribution is 0.0685. The first-order valence-corrected chi connectivity index (χ1v) is 11.4. The number of rotatable bonds is 11. The molecule has 2 N–H and O–H groups in total. The minimum absolute atomic E-state index is 0.364. The van der Waals surface area contributed by atoms with Crippen LogP contribution in [0.4, 0.5) is 5.69 Å². The lowest BCUT2D eigenvalue weighted by atomic mass is 10.1. The van der Waals surface area contributed by atoms with Gasteiger partial charge in [-0.05, 0) is 65.9 Å². The molecule has 164 valence electrons. The van der Waals surface area contributed by atoms with Crippen LogP contribution in [0.3, 0.4) is 0 Å². The van der Waals surface area contributed by atoms with Crippen molar-refractivity contribution in [2.75, 3.05) is 5.32 Å². The maximum atomic E-state index is 11.6. The molecule has 0 radical (unpaired) electrons. The molecular formula is C25H28Cl2N2O2. The van der Waals surface area contributed by atoms with E-state index in [0.717, 1.165) is 41.8 Å². The summed E-state index contributed by atoms with van der Waals surface area (Å²) in [6, 6.07) is 15.4. The number of halogens is 2. The first-order chi connectivity index (χ1) is 15.0. The third-order valence-corrected chi connectivity index (χ3v) is 5.88. The number of nitrogens with zero attached hydrogens (tertiary/aromatic N) is 1. The first-order valence-electron chi connectivity index (χ1n) is 10.7. The van der Waals surface area contributed by atoms with Gasteiger partial charge in [0.1, 0.15) is 5.69 Å². The van der Waals surface area contributed by atoms with Crippen molar-refractivity contribution in [2.45, 2.75) is 52.1 Å². The molecule has 1 aromatic heterocycles. The second-order valence-electron chi connectivity index (χ2n) is 7.76. The Morgan fingerprint density at radius 2 is 1.77 bits per heavy atom. The zero-order valence-electron chi connectivity index (χ0n) is 17.7. The molecule has 3 rings (SSSR count). The van der Waals surface area contributed by atoms with Gasteiger partial charge in [0, 0.05) is 35.0 Å².